The predicted molar refractivity (Wildman–Crippen MR) is 72.2 cm³/mol. The Balaban J connectivity index is 2.43. The molecule has 2 rings (SSSR count). The first-order valence-electron chi connectivity index (χ1n) is 6.43. The van der Waals surface area contributed by atoms with E-state index in [2.05, 4.69) is 35.8 Å². The molecule has 1 atom stereocenters. The van der Waals surface area contributed by atoms with Gasteiger partial charge in [0.1, 0.15) is 5.82 Å². The fourth-order valence-electron chi connectivity index (χ4n) is 2.24. The van der Waals surface area contributed by atoms with Gasteiger partial charge in [0.05, 0.1) is 23.6 Å². The average molecular weight is 247 g/mol. The number of rotatable bonds is 4. The van der Waals surface area contributed by atoms with Crippen LogP contribution in [0.5, 0.6) is 0 Å². The summed E-state index contributed by atoms with van der Waals surface area (Å²) in [5.41, 5.74) is 10.3. The number of nitrogens with two attached hydrogens (primary N) is 1. The Morgan fingerprint density at radius 3 is 2.67 bits per heavy atom. The van der Waals surface area contributed by atoms with Gasteiger partial charge in [0, 0.05) is 17.8 Å². The van der Waals surface area contributed by atoms with E-state index in [1.165, 1.54) is 0 Å². The molecule has 0 aliphatic heterocycles. The van der Waals surface area contributed by atoms with Crippen LogP contribution in [0.15, 0.2) is 6.20 Å². The van der Waals surface area contributed by atoms with Gasteiger partial charge >= 0.3 is 0 Å². The number of nitrogens with zero attached hydrogens (tertiary/aromatic N) is 3. The summed E-state index contributed by atoms with van der Waals surface area (Å²) < 4.78 is 2.00. The molecule has 0 aromatic carbocycles. The van der Waals surface area contributed by atoms with Crippen LogP contribution in [0, 0.1) is 13.8 Å². The van der Waals surface area contributed by atoms with Gasteiger partial charge in [-0.3, -0.25) is 4.68 Å². The Labute approximate surface area is 107 Å². The molecule has 0 spiro atoms. The van der Waals surface area contributed by atoms with Crippen LogP contribution in [0.2, 0.25) is 0 Å². The molecule has 0 fully saturated rings. The number of aromatic amines is 1. The van der Waals surface area contributed by atoms with E-state index < -0.39 is 0 Å². The summed E-state index contributed by atoms with van der Waals surface area (Å²) in [6.45, 7) is 9.13. The summed E-state index contributed by atoms with van der Waals surface area (Å²) >= 11 is 0. The standard InChI is InChI=1S/C13H21N5/c1-5-10(14)13-15-7-11(16-13)12-8(3)17-18(6-2)9(12)4/h7,10H,5-6,14H2,1-4H3,(H,15,16). The predicted octanol–water partition coefficient (Wildman–Crippen LogP) is 2.32. The number of aryl methyl sites for hydroxylation is 2. The Bertz CT molecular complexity index is 538. The smallest absolute Gasteiger partial charge is 0.123 e. The number of aromatic nitrogens is 4. The van der Waals surface area contributed by atoms with Gasteiger partial charge in [-0.05, 0) is 27.2 Å². The molecule has 2 aromatic heterocycles. The van der Waals surface area contributed by atoms with Gasteiger partial charge in [-0.15, -0.1) is 0 Å². The van der Waals surface area contributed by atoms with Gasteiger partial charge < -0.3 is 10.7 Å². The van der Waals surface area contributed by atoms with Crippen LogP contribution in [0.4, 0.5) is 0 Å². The lowest BCUT2D eigenvalue weighted by Gasteiger charge is -2.04. The van der Waals surface area contributed by atoms with Crippen molar-refractivity contribution in [3.8, 4) is 11.3 Å². The van der Waals surface area contributed by atoms with E-state index in [1.807, 2.05) is 17.8 Å². The van der Waals surface area contributed by atoms with Crippen molar-refractivity contribution in [3.05, 3.63) is 23.4 Å². The lowest BCUT2D eigenvalue weighted by molar-refractivity contribution is 0.634. The highest BCUT2D eigenvalue weighted by molar-refractivity contribution is 5.64. The molecule has 0 aliphatic rings. The molecule has 0 aliphatic carbocycles. The van der Waals surface area contributed by atoms with Crippen LogP contribution in [-0.4, -0.2) is 19.7 Å². The molecule has 1 unspecified atom stereocenters. The van der Waals surface area contributed by atoms with Crippen LogP contribution < -0.4 is 5.73 Å². The monoisotopic (exact) mass is 247 g/mol. The second-order valence-electron chi connectivity index (χ2n) is 4.56. The zero-order valence-electron chi connectivity index (χ0n) is 11.5. The number of H-pyrrole nitrogens is 1. The van der Waals surface area contributed by atoms with Crippen LogP contribution in [0.25, 0.3) is 11.3 Å². The molecule has 0 saturated carbocycles. The van der Waals surface area contributed by atoms with Crippen molar-refractivity contribution >= 4 is 0 Å². The largest absolute Gasteiger partial charge is 0.341 e. The highest BCUT2D eigenvalue weighted by Gasteiger charge is 2.16. The second kappa shape index (κ2) is 4.94. The SMILES string of the molecule is CCC(N)c1ncc(-c2c(C)nn(CC)c2C)[nH]1. The van der Waals surface area contributed by atoms with Crippen molar-refractivity contribution in [2.24, 2.45) is 5.73 Å². The van der Waals surface area contributed by atoms with Gasteiger partial charge in [0.2, 0.25) is 0 Å². The minimum absolute atomic E-state index is 0.0272. The molecule has 0 saturated heterocycles. The van der Waals surface area contributed by atoms with Gasteiger partial charge in [0.25, 0.3) is 0 Å². The zero-order valence-corrected chi connectivity index (χ0v) is 11.5. The first-order chi connectivity index (χ1) is 8.58. The van der Waals surface area contributed by atoms with Crippen molar-refractivity contribution in [3.63, 3.8) is 0 Å². The first kappa shape index (κ1) is 12.8. The minimum Gasteiger partial charge on any atom is -0.341 e. The quantitative estimate of drug-likeness (QED) is 0.870. The minimum atomic E-state index is -0.0272. The highest BCUT2D eigenvalue weighted by Crippen LogP contribution is 2.26. The molecule has 0 amide bonds. The van der Waals surface area contributed by atoms with E-state index in [4.69, 9.17) is 5.73 Å². The summed E-state index contributed by atoms with van der Waals surface area (Å²) in [4.78, 5) is 7.67. The maximum absolute atomic E-state index is 5.98. The Kier molecular flexibility index (Phi) is 3.52. The van der Waals surface area contributed by atoms with Crippen LogP contribution in [-0.2, 0) is 6.54 Å². The number of imidazole rings is 1. The average Bonchev–Trinajstić information content (AvgIpc) is 2.93. The van der Waals surface area contributed by atoms with E-state index >= 15 is 0 Å². The molecule has 0 bridgehead atoms. The van der Waals surface area contributed by atoms with Gasteiger partial charge in [-0.25, -0.2) is 4.98 Å². The van der Waals surface area contributed by atoms with E-state index in [-0.39, 0.29) is 6.04 Å². The van der Waals surface area contributed by atoms with Gasteiger partial charge in [0.15, 0.2) is 0 Å². The summed E-state index contributed by atoms with van der Waals surface area (Å²) in [5, 5.41) is 4.52. The molecule has 5 heteroatoms. The molecule has 98 valence electrons. The number of hydrogen-bond acceptors (Lipinski definition) is 3. The maximum atomic E-state index is 5.98. The molecule has 3 N–H and O–H groups in total. The van der Waals surface area contributed by atoms with Crippen molar-refractivity contribution in [1.82, 2.24) is 19.7 Å². The fourth-order valence-corrected chi connectivity index (χ4v) is 2.24. The number of nitrogens with one attached hydrogen (secondary N) is 1. The van der Waals surface area contributed by atoms with Gasteiger partial charge in [-0.2, -0.15) is 5.10 Å². The van der Waals surface area contributed by atoms with E-state index in [9.17, 15) is 0 Å². The normalized spacial score (nSPS) is 12.9. The first-order valence-corrected chi connectivity index (χ1v) is 6.43. The molecule has 2 aromatic rings. The third-order valence-electron chi connectivity index (χ3n) is 3.34. The van der Waals surface area contributed by atoms with Crippen molar-refractivity contribution in [2.75, 3.05) is 0 Å². The van der Waals surface area contributed by atoms with E-state index in [1.54, 1.807) is 0 Å². The van der Waals surface area contributed by atoms with Crippen LogP contribution in [0.1, 0.15) is 43.5 Å². The van der Waals surface area contributed by atoms with Crippen LogP contribution >= 0.6 is 0 Å². The Morgan fingerprint density at radius 2 is 2.11 bits per heavy atom. The fraction of sp³-hybridized carbons (Fsp3) is 0.538. The molecule has 2 heterocycles. The molecular weight excluding hydrogens is 226 g/mol. The highest BCUT2D eigenvalue weighted by atomic mass is 15.3. The van der Waals surface area contributed by atoms with Crippen LogP contribution in [0.3, 0.4) is 0 Å². The summed E-state index contributed by atoms with van der Waals surface area (Å²) in [7, 11) is 0. The molecular formula is C13H21N5. The lowest BCUT2D eigenvalue weighted by atomic mass is 10.1. The van der Waals surface area contributed by atoms with Gasteiger partial charge in [-0.1, -0.05) is 6.92 Å². The number of hydrogen-bond donors (Lipinski definition) is 2. The Hall–Kier alpha value is -1.62. The summed E-state index contributed by atoms with van der Waals surface area (Å²) in [6, 6.07) is -0.0272. The van der Waals surface area contributed by atoms with Crippen molar-refractivity contribution in [2.45, 2.75) is 46.7 Å². The van der Waals surface area contributed by atoms with Crippen molar-refractivity contribution < 1.29 is 0 Å². The second-order valence-corrected chi connectivity index (χ2v) is 4.56. The molecule has 0 radical (unpaired) electrons. The van der Waals surface area contributed by atoms with Crippen molar-refractivity contribution in [1.29, 1.82) is 0 Å². The van der Waals surface area contributed by atoms with E-state index in [0.717, 1.165) is 41.4 Å². The topological polar surface area (TPSA) is 72.5 Å². The summed E-state index contributed by atoms with van der Waals surface area (Å²) in [5.74, 6) is 0.843. The van der Waals surface area contributed by atoms with E-state index in [0.29, 0.717) is 0 Å². The third kappa shape index (κ3) is 2.06. The third-order valence-corrected chi connectivity index (χ3v) is 3.34. The zero-order chi connectivity index (χ0) is 13.3. The Morgan fingerprint density at radius 1 is 1.39 bits per heavy atom. The summed E-state index contributed by atoms with van der Waals surface area (Å²) in [6.07, 6.45) is 2.72. The molecule has 5 nitrogen and oxygen atoms in total. The maximum Gasteiger partial charge on any atom is 0.123 e. The lowest BCUT2D eigenvalue weighted by Crippen LogP contribution is -2.10. The molecule has 18 heavy (non-hydrogen) atoms.